The Balaban J connectivity index is 2.11. The lowest BCUT2D eigenvalue weighted by Crippen LogP contribution is -2.05. The lowest BCUT2D eigenvalue weighted by molar-refractivity contribution is 0.519. The summed E-state index contributed by atoms with van der Waals surface area (Å²) in [7, 11) is 0. The minimum atomic E-state index is -0.175. The fourth-order valence-corrected chi connectivity index (χ4v) is 2.72. The van der Waals surface area contributed by atoms with E-state index in [0.29, 0.717) is 5.92 Å². The van der Waals surface area contributed by atoms with Crippen molar-refractivity contribution in [3.8, 4) is 0 Å². The maximum Gasteiger partial charge on any atom is 0.123 e. The van der Waals surface area contributed by atoms with Crippen molar-refractivity contribution in [2.45, 2.75) is 31.6 Å². The first kappa shape index (κ1) is 10.7. The summed E-state index contributed by atoms with van der Waals surface area (Å²) in [6.07, 6.45) is 8.95. The minimum Gasteiger partial charge on any atom is -0.256 e. The van der Waals surface area contributed by atoms with Gasteiger partial charge >= 0.3 is 0 Å². The SMILES string of the molecule is Fc1ccc2nccc([C@@H]3C[CH]CCC3)c2c1. The van der Waals surface area contributed by atoms with Crippen LogP contribution in [0.4, 0.5) is 4.39 Å². The Morgan fingerprint density at radius 3 is 3.00 bits per heavy atom. The molecule has 1 aliphatic rings. The third kappa shape index (κ3) is 2.04. The molecule has 0 bridgehead atoms. The molecule has 0 aliphatic heterocycles. The summed E-state index contributed by atoms with van der Waals surface area (Å²) in [5, 5.41) is 0.979. The van der Waals surface area contributed by atoms with Crippen LogP contribution in [0.2, 0.25) is 0 Å². The van der Waals surface area contributed by atoms with E-state index in [1.165, 1.54) is 30.9 Å². The minimum absolute atomic E-state index is 0.175. The van der Waals surface area contributed by atoms with Crippen molar-refractivity contribution in [2.75, 3.05) is 0 Å². The van der Waals surface area contributed by atoms with Crippen LogP contribution in [0.1, 0.15) is 37.2 Å². The average molecular weight is 228 g/mol. The maximum absolute atomic E-state index is 13.3. The Bertz CT molecular complexity index is 529. The highest BCUT2D eigenvalue weighted by Gasteiger charge is 2.18. The number of hydrogen-bond acceptors (Lipinski definition) is 1. The molecule has 3 rings (SSSR count). The quantitative estimate of drug-likeness (QED) is 0.711. The van der Waals surface area contributed by atoms with E-state index in [2.05, 4.69) is 11.4 Å². The highest BCUT2D eigenvalue weighted by molar-refractivity contribution is 5.82. The van der Waals surface area contributed by atoms with Crippen LogP contribution < -0.4 is 0 Å². The molecule has 1 aromatic carbocycles. The zero-order valence-electron chi connectivity index (χ0n) is 9.70. The van der Waals surface area contributed by atoms with Crippen LogP contribution in [0.5, 0.6) is 0 Å². The van der Waals surface area contributed by atoms with E-state index in [1.54, 1.807) is 12.1 Å². The molecular formula is C15H15FN. The van der Waals surface area contributed by atoms with Crippen molar-refractivity contribution >= 4 is 10.9 Å². The summed E-state index contributed by atoms with van der Waals surface area (Å²) in [4.78, 5) is 4.30. The predicted octanol–water partition coefficient (Wildman–Crippen LogP) is 4.24. The largest absolute Gasteiger partial charge is 0.256 e. The molecule has 1 atom stereocenters. The Kier molecular flexibility index (Phi) is 2.79. The van der Waals surface area contributed by atoms with Crippen molar-refractivity contribution in [1.82, 2.24) is 4.98 Å². The lowest BCUT2D eigenvalue weighted by atomic mass is 9.83. The van der Waals surface area contributed by atoms with Crippen molar-refractivity contribution < 1.29 is 4.39 Å². The zero-order chi connectivity index (χ0) is 11.7. The first-order chi connectivity index (χ1) is 8.34. The summed E-state index contributed by atoms with van der Waals surface area (Å²) < 4.78 is 13.3. The van der Waals surface area contributed by atoms with Gasteiger partial charge in [-0.2, -0.15) is 0 Å². The summed E-state index contributed by atoms with van der Waals surface area (Å²) in [6, 6.07) is 6.91. The normalized spacial score (nSPS) is 17.5. The molecule has 0 amide bonds. The van der Waals surface area contributed by atoms with E-state index in [0.717, 1.165) is 17.3 Å². The third-order valence-corrected chi connectivity index (χ3v) is 3.59. The molecule has 1 aliphatic carbocycles. The van der Waals surface area contributed by atoms with Gasteiger partial charge in [-0.25, -0.2) is 4.39 Å². The maximum atomic E-state index is 13.3. The van der Waals surface area contributed by atoms with Gasteiger partial charge in [0, 0.05) is 11.6 Å². The van der Waals surface area contributed by atoms with Gasteiger partial charge in [-0.15, -0.1) is 0 Å². The monoisotopic (exact) mass is 228 g/mol. The van der Waals surface area contributed by atoms with E-state index in [1.807, 2.05) is 12.3 Å². The van der Waals surface area contributed by atoms with Crippen LogP contribution >= 0.6 is 0 Å². The summed E-state index contributed by atoms with van der Waals surface area (Å²) in [5.74, 6) is 0.364. The Morgan fingerprint density at radius 1 is 1.24 bits per heavy atom. The standard InChI is InChI=1S/C15H15FN/c16-12-6-7-15-14(10-12)13(8-9-17-15)11-4-2-1-3-5-11/h2,6-11H,1,3-5H2/t11-/m1/s1. The van der Waals surface area contributed by atoms with E-state index in [9.17, 15) is 4.39 Å². The average Bonchev–Trinajstić information content (AvgIpc) is 2.39. The molecule has 17 heavy (non-hydrogen) atoms. The van der Waals surface area contributed by atoms with E-state index in [4.69, 9.17) is 0 Å². The third-order valence-electron chi connectivity index (χ3n) is 3.59. The van der Waals surface area contributed by atoms with Crippen molar-refractivity contribution in [2.24, 2.45) is 0 Å². The number of rotatable bonds is 1. The number of halogens is 1. The van der Waals surface area contributed by atoms with Gasteiger partial charge in [0.15, 0.2) is 0 Å². The molecule has 1 saturated carbocycles. The predicted molar refractivity (Wildman–Crippen MR) is 67.2 cm³/mol. The lowest BCUT2D eigenvalue weighted by Gasteiger charge is -2.22. The van der Waals surface area contributed by atoms with Crippen LogP contribution in [0.15, 0.2) is 30.5 Å². The second kappa shape index (κ2) is 4.44. The smallest absolute Gasteiger partial charge is 0.123 e. The molecule has 1 aromatic heterocycles. The fourth-order valence-electron chi connectivity index (χ4n) is 2.72. The van der Waals surface area contributed by atoms with Crippen LogP contribution in [0.25, 0.3) is 10.9 Å². The highest BCUT2D eigenvalue weighted by Crippen LogP contribution is 2.35. The van der Waals surface area contributed by atoms with E-state index < -0.39 is 0 Å². The molecule has 87 valence electrons. The van der Waals surface area contributed by atoms with Gasteiger partial charge in [0.05, 0.1) is 5.52 Å². The van der Waals surface area contributed by atoms with Gasteiger partial charge in [0.1, 0.15) is 5.82 Å². The van der Waals surface area contributed by atoms with Crippen molar-refractivity contribution in [3.63, 3.8) is 0 Å². The molecule has 0 spiro atoms. The number of hydrogen-bond donors (Lipinski definition) is 0. The van der Waals surface area contributed by atoms with Gasteiger partial charge < -0.3 is 0 Å². The summed E-state index contributed by atoms with van der Waals surface area (Å²) in [5.41, 5.74) is 2.15. The summed E-state index contributed by atoms with van der Waals surface area (Å²) >= 11 is 0. The van der Waals surface area contributed by atoms with E-state index in [-0.39, 0.29) is 5.82 Å². The zero-order valence-corrected chi connectivity index (χ0v) is 9.70. The van der Waals surface area contributed by atoms with Gasteiger partial charge in [0.25, 0.3) is 0 Å². The molecule has 0 unspecified atom stereocenters. The second-order valence-corrected chi connectivity index (χ2v) is 4.71. The van der Waals surface area contributed by atoms with Gasteiger partial charge in [0.2, 0.25) is 0 Å². The van der Waals surface area contributed by atoms with Crippen molar-refractivity contribution in [1.29, 1.82) is 0 Å². The number of nitrogens with zero attached hydrogens (tertiary/aromatic N) is 1. The van der Waals surface area contributed by atoms with E-state index >= 15 is 0 Å². The van der Waals surface area contributed by atoms with Crippen LogP contribution in [-0.4, -0.2) is 4.98 Å². The molecule has 0 saturated heterocycles. The number of fused-ring (bicyclic) bond motifs is 1. The van der Waals surface area contributed by atoms with Gasteiger partial charge in [-0.1, -0.05) is 12.8 Å². The molecule has 1 radical (unpaired) electrons. The first-order valence-electron chi connectivity index (χ1n) is 6.20. The Labute approximate surface area is 101 Å². The van der Waals surface area contributed by atoms with Crippen LogP contribution in [0, 0.1) is 12.2 Å². The number of pyridine rings is 1. The number of benzene rings is 1. The Hall–Kier alpha value is -1.44. The molecule has 1 heterocycles. The van der Waals surface area contributed by atoms with Gasteiger partial charge in [-0.3, -0.25) is 4.98 Å². The molecule has 2 heteroatoms. The molecule has 0 N–H and O–H groups in total. The fraction of sp³-hybridized carbons (Fsp3) is 0.333. The molecule has 2 aromatic rings. The van der Waals surface area contributed by atoms with Crippen molar-refractivity contribution in [3.05, 3.63) is 48.3 Å². The van der Waals surface area contributed by atoms with Crippen LogP contribution in [0.3, 0.4) is 0 Å². The second-order valence-electron chi connectivity index (χ2n) is 4.71. The summed E-state index contributed by atoms with van der Waals surface area (Å²) in [6.45, 7) is 0. The number of aromatic nitrogens is 1. The highest BCUT2D eigenvalue weighted by atomic mass is 19.1. The molecule has 1 fully saturated rings. The molecular weight excluding hydrogens is 213 g/mol. The Morgan fingerprint density at radius 2 is 2.18 bits per heavy atom. The topological polar surface area (TPSA) is 12.9 Å². The first-order valence-corrected chi connectivity index (χ1v) is 6.20. The van der Waals surface area contributed by atoms with Gasteiger partial charge in [-0.05, 0) is 55.0 Å². The van der Waals surface area contributed by atoms with Crippen LogP contribution in [-0.2, 0) is 0 Å². The molecule has 1 nitrogen and oxygen atoms in total.